The van der Waals surface area contributed by atoms with Gasteiger partial charge in [0.2, 0.25) is 0 Å². The molecule has 0 unspecified atom stereocenters. The highest BCUT2D eigenvalue weighted by Gasteiger charge is 2.06. The van der Waals surface area contributed by atoms with Crippen molar-refractivity contribution in [1.29, 1.82) is 0 Å². The summed E-state index contributed by atoms with van der Waals surface area (Å²) in [5.74, 6) is 0.249. The second-order valence-electron chi connectivity index (χ2n) is 5.43. The fraction of sp³-hybridized carbons (Fsp3) is 0.222. The lowest BCUT2D eigenvalue weighted by atomic mass is 10.0. The van der Waals surface area contributed by atoms with Crippen LogP contribution in [0.1, 0.15) is 48.2 Å². The largest absolute Gasteiger partial charge is 0.271 e. The van der Waals surface area contributed by atoms with E-state index in [4.69, 9.17) is 0 Å². The fourth-order valence-corrected chi connectivity index (χ4v) is 2.40. The fourth-order valence-electron chi connectivity index (χ4n) is 2.00. The van der Waals surface area contributed by atoms with Crippen molar-refractivity contribution in [2.24, 2.45) is 5.10 Å². The molecule has 0 spiro atoms. The number of hydrogen-bond acceptors (Lipinski definition) is 2. The minimum Gasteiger partial charge on any atom is -0.267 e. The topological polar surface area (TPSA) is 41.5 Å². The molecule has 2 aromatic rings. The van der Waals surface area contributed by atoms with Crippen LogP contribution in [0.4, 0.5) is 0 Å². The lowest BCUT2D eigenvalue weighted by Crippen LogP contribution is -2.19. The van der Waals surface area contributed by atoms with E-state index in [1.54, 1.807) is 0 Å². The second-order valence-corrected chi connectivity index (χ2v) is 6.34. The van der Waals surface area contributed by atoms with Crippen LogP contribution in [0.15, 0.2) is 58.1 Å². The number of carbonyl (C=O) groups is 1. The van der Waals surface area contributed by atoms with Gasteiger partial charge in [-0.05, 0) is 48.2 Å². The van der Waals surface area contributed by atoms with Gasteiger partial charge < -0.3 is 0 Å². The van der Waals surface area contributed by atoms with E-state index in [1.807, 2.05) is 55.5 Å². The molecule has 0 aliphatic rings. The normalized spacial score (nSPS) is 11.6. The lowest BCUT2D eigenvalue weighted by Gasteiger charge is -2.07. The third-order valence-electron chi connectivity index (χ3n) is 3.41. The van der Waals surface area contributed by atoms with E-state index in [2.05, 4.69) is 40.3 Å². The molecule has 0 saturated heterocycles. The average Bonchev–Trinajstić information content (AvgIpc) is 2.52. The highest BCUT2D eigenvalue weighted by Crippen LogP contribution is 2.15. The molecule has 4 heteroatoms. The third-order valence-corrected chi connectivity index (χ3v) is 3.90. The Morgan fingerprint density at radius 1 is 1.09 bits per heavy atom. The Kier molecular flexibility index (Phi) is 5.50. The van der Waals surface area contributed by atoms with E-state index in [1.165, 1.54) is 5.56 Å². The number of nitrogens with one attached hydrogen (secondary N) is 1. The van der Waals surface area contributed by atoms with Crippen molar-refractivity contribution in [2.45, 2.75) is 26.7 Å². The maximum absolute atomic E-state index is 12.1. The van der Waals surface area contributed by atoms with Gasteiger partial charge in [-0.15, -0.1) is 0 Å². The predicted molar refractivity (Wildman–Crippen MR) is 94.4 cm³/mol. The average molecular weight is 359 g/mol. The number of rotatable bonds is 4. The summed E-state index contributed by atoms with van der Waals surface area (Å²) in [6.45, 7) is 6.12. The van der Waals surface area contributed by atoms with Crippen LogP contribution in [-0.4, -0.2) is 11.6 Å². The molecule has 0 aliphatic heterocycles. The Morgan fingerprint density at radius 3 is 2.36 bits per heavy atom. The molecule has 0 bridgehead atoms. The number of hydrazone groups is 1. The predicted octanol–water partition coefficient (Wildman–Crippen LogP) is 4.73. The molecular weight excluding hydrogens is 340 g/mol. The molecule has 0 heterocycles. The third kappa shape index (κ3) is 4.28. The van der Waals surface area contributed by atoms with Crippen LogP contribution in [0.25, 0.3) is 0 Å². The Morgan fingerprint density at radius 2 is 1.77 bits per heavy atom. The zero-order valence-corrected chi connectivity index (χ0v) is 14.5. The summed E-state index contributed by atoms with van der Waals surface area (Å²) < 4.78 is 0.982. The lowest BCUT2D eigenvalue weighted by molar-refractivity contribution is 0.0955. The van der Waals surface area contributed by atoms with Gasteiger partial charge in [-0.25, -0.2) is 5.43 Å². The summed E-state index contributed by atoms with van der Waals surface area (Å²) in [4.78, 5) is 12.1. The number of carbonyl (C=O) groups excluding carboxylic acids is 1. The van der Waals surface area contributed by atoms with Gasteiger partial charge in [-0.2, -0.15) is 5.10 Å². The number of halogens is 1. The van der Waals surface area contributed by atoms with Gasteiger partial charge in [0.1, 0.15) is 0 Å². The van der Waals surface area contributed by atoms with Crippen molar-refractivity contribution in [1.82, 2.24) is 5.43 Å². The molecule has 22 heavy (non-hydrogen) atoms. The van der Waals surface area contributed by atoms with Crippen molar-refractivity contribution < 1.29 is 4.79 Å². The van der Waals surface area contributed by atoms with Gasteiger partial charge in [0.25, 0.3) is 5.91 Å². The van der Waals surface area contributed by atoms with Crippen LogP contribution in [-0.2, 0) is 0 Å². The van der Waals surface area contributed by atoms with Crippen molar-refractivity contribution >= 4 is 27.5 Å². The summed E-state index contributed by atoms with van der Waals surface area (Å²) >= 11 is 3.42. The summed E-state index contributed by atoms with van der Waals surface area (Å²) in [5.41, 5.74) is 6.14. The van der Waals surface area contributed by atoms with Crippen LogP contribution < -0.4 is 5.43 Å². The standard InChI is InChI=1S/C18H19BrN2O/c1-12(2)14-7-9-15(10-8-14)18(22)21-20-13(3)16-5-4-6-17(19)11-16/h4-12H,1-3H3,(H,21,22)/b20-13+. The first-order chi connectivity index (χ1) is 10.5. The highest BCUT2D eigenvalue weighted by molar-refractivity contribution is 9.10. The van der Waals surface area contributed by atoms with Crippen LogP contribution in [0.2, 0.25) is 0 Å². The van der Waals surface area contributed by atoms with Gasteiger partial charge in [0, 0.05) is 10.0 Å². The van der Waals surface area contributed by atoms with Gasteiger partial charge >= 0.3 is 0 Å². The van der Waals surface area contributed by atoms with E-state index in [0.717, 1.165) is 15.7 Å². The SMILES string of the molecule is C/C(=N\NC(=O)c1ccc(C(C)C)cc1)c1cccc(Br)c1. The summed E-state index contributed by atoms with van der Waals surface area (Å²) in [5, 5.41) is 4.17. The highest BCUT2D eigenvalue weighted by atomic mass is 79.9. The molecule has 1 amide bonds. The molecule has 114 valence electrons. The molecule has 2 aromatic carbocycles. The van der Waals surface area contributed by atoms with Crippen LogP contribution in [0.3, 0.4) is 0 Å². The number of nitrogens with zero attached hydrogens (tertiary/aromatic N) is 1. The van der Waals surface area contributed by atoms with Gasteiger partial charge in [-0.1, -0.05) is 54.0 Å². The number of amides is 1. The molecule has 0 aromatic heterocycles. The molecule has 3 nitrogen and oxygen atoms in total. The Labute approximate surface area is 139 Å². The van der Waals surface area contributed by atoms with Crippen molar-refractivity contribution in [2.75, 3.05) is 0 Å². The quantitative estimate of drug-likeness (QED) is 0.623. The summed E-state index contributed by atoms with van der Waals surface area (Å²) in [6.07, 6.45) is 0. The second kappa shape index (κ2) is 7.36. The smallest absolute Gasteiger partial charge is 0.267 e. The van der Waals surface area contributed by atoms with Crippen molar-refractivity contribution in [3.63, 3.8) is 0 Å². The van der Waals surface area contributed by atoms with Gasteiger partial charge in [-0.3, -0.25) is 4.79 Å². The molecule has 0 aliphatic carbocycles. The number of benzene rings is 2. The van der Waals surface area contributed by atoms with E-state index in [9.17, 15) is 4.79 Å². The number of hydrogen-bond donors (Lipinski definition) is 1. The van der Waals surface area contributed by atoms with Gasteiger partial charge in [0.05, 0.1) is 5.71 Å². The zero-order valence-electron chi connectivity index (χ0n) is 12.9. The molecule has 0 saturated carbocycles. The van der Waals surface area contributed by atoms with Crippen molar-refractivity contribution in [3.05, 3.63) is 69.7 Å². The molecule has 0 radical (unpaired) electrons. The molecule has 2 rings (SSSR count). The van der Waals surface area contributed by atoms with E-state index >= 15 is 0 Å². The van der Waals surface area contributed by atoms with Crippen LogP contribution in [0, 0.1) is 0 Å². The van der Waals surface area contributed by atoms with Crippen LogP contribution >= 0.6 is 15.9 Å². The van der Waals surface area contributed by atoms with E-state index in [0.29, 0.717) is 11.5 Å². The Balaban J connectivity index is 2.07. The first-order valence-electron chi connectivity index (χ1n) is 7.18. The Hall–Kier alpha value is -1.94. The molecule has 0 atom stereocenters. The van der Waals surface area contributed by atoms with Crippen molar-refractivity contribution in [3.8, 4) is 0 Å². The zero-order chi connectivity index (χ0) is 16.1. The van der Waals surface area contributed by atoms with Crippen LogP contribution in [0.5, 0.6) is 0 Å². The summed E-state index contributed by atoms with van der Waals surface area (Å²) in [6, 6.07) is 15.4. The maximum Gasteiger partial charge on any atom is 0.271 e. The summed E-state index contributed by atoms with van der Waals surface area (Å²) in [7, 11) is 0. The molecular formula is C18H19BrN2O. The molecule has 0 fully saturated rings. The molecule has 1 N–H and O–H groups in total. The Bertz CT molecular complexity index is 690. The minimum absolute atomic E-state index is 0.204. The van der Waals surface area contributed by atoms with E-state index < -0.39 is 0 Å². The first kappa shape index (κ1) is 16.4. The van der Waals surface area contributed by atoms with E-state index in [-0.39, 0.29) is 5.91 Å². The monoisotopic (exact) mass is 358 g/mol. The minimum atomic E-state index is -0.204. The first-order valence-corrected chi connectivity index (χ1v) is 7.97. The van der Waals surface area contributed by atoms with Gasteiger partial charge in [0.15, 0.2) is 0 Å². The maximum atomic E-state index is 12.1.